The number of aryl methyl sites for hydroxylation is 1. The van der Waals surface area contributed by atoms with Crippen molar-refractivity contribution in [1.29, 1.82) is 0 Å². The van der Waals surface area contributed by atoms with E-state index >= 15 is 0 Å². The molecule has 1 aliphatic heterocycles. The Balaban J connectivity index is 1.28. The molecule has 10 heteroatoms. The van der Waals surface area contributed by atoms with E-state index in [2.05, 4.69) is 15.5 Å². The number of aliphatic imine (C=N–C) groups is 1. The number of nitrogens with one attached hydrogen (secondary N) is 1. The quantitative estimate of drug-likeness (QED) is 0.220. The summed E-state index contributed by atoms with van der Waals surface area (Å²) in [7, 11) is 1.62. The van der Waals surface area contributed by atoms with Crippen LogP contribution in [0.15, 0.2) is 77.8 Å². The Bertz CT molecular complexity index is 1850. The van der Waals surface area contributed by atoms with Crippen molar-refractivity contribution >= 4 is 34.0 Å². The molecule has 0 bridgehead atoms. The molecule has 1 atom stereocenters. The van der Waals surface area contributed by atoms with Crippen LogP contribution in [0.1, 0.15) is 40.8 Å². The van der Waals surface area contributed by atoms with Crippen molar-refractivity contribution in [3.05, 3.63) is 106 Å². The van der Waals surface area contributed by atoms with Crippen molar-refractivity contribution in [2.75, 3.05) is 13.7 Å². The number of aromatic nitrogens is 3. The number of halogens is 1. The first-order chi connectivity index (χ1) is 20.3. The van der Waals surface area contributed by atoms with Gasteiger partial charge in [-0.15, -0.1) is 10.2 Å². The van der Waals surface area contributed by atoms with E-state index in [0.717, 1.165) is 27.8 Å². The third-order valence-electron chi connectivity index (χ3n) is 7.40. The Hall–Kier alpha value is -4.89. The lowest BCUT2D eigenvalue weighted by Crippen LogP contribution is -2.27. The first-order valence-electron chi connectivity index (χ1n) is 13.5. The van der Waals surface area contributed by atoms with Crippen molar-refractivity contribution < 1.29 is 19.7 Å². The summed E-state index contributed by atoms with van der Waals surface area (Å²) in [5, 5.41) is 33.8. The maximum absolute atomic E-state index is 13.3. The molecule has 2 heterocycles. The molecule has 0 fully saturated rings. The third kappa shape index (κ3) is 5.14. The summed E-state index contributed by atoms with van der Waals surface area (Å²) in [5.41, 5.74) is 4.13. The first-order valence-corrected chi connectivity index (χ1v) is 13.8. The van der Waals surface area contributed by atoms with Gasteiger partial charge in [-0.3, -0.25) is 14.4 Å². The maximum atomic E-state index is 13.3. The molecule has 0 unspecified atom stereocenters. The van der Waals surface area contributed by atoms with Crippen molar-refractivity contribution in [2.24, 2.45) is 4.99 Å². The van der Waals surface area contributed by atoms with Crippen LogP contribution in [0.2, 0.25) is 5.02 Å². The van der Waals surface area contributed by atoms with Gasteiger partial charge in [0, 0.05) is 28.1 Å². The fourth-order valence-corrected chi connectivity index (χ4v) is 5.39. The highest BCUT2D eigenvalue weighted by atomic mass is 35.5. The van der Waals surface area contributed by atoms with Gasteiger partial charge < -0.3 is 20.3 Å². The van der Waals surface area contributed by atoms with Crippen LogP contribution in [0.5, 0.6) is 17.2 Å². The number of rotatable bonds is 7. The number of ether oxygens (including phenoxy) is 1. The smallest absolute Gasteiger partial charge is 0.222 e. The normalized spacial score (nSPS) is 14.1. The highest BCUT2D eigenvalue weighted by Gasteiger charge is 2.30. The third-order valence-corrected chi connectivity index (χ3v) is 7.65. The number of methoxy groups -OCH3 is 1. The molecule has 0 spiro atoms. The van der Waals surface area contributed by atoms with Gasteiger partial charge in [0.25, 0.3) is 0 Å². The molecule has 42 heavy (non-hydrogen) atoms. The van der Waals surface area contributed by atoms with Crippen molar-refractivity contribution in [1.82, 2.24) is 20.1 Å². The van der Waals surface area contributed by atoms with E-state index < -0.39 is 6.04 Å². The molecule has 1 aliphatic rings. The van der Waals surface area contributed by atoms with Crippen LogP contribution in [0, 0.1) is 6.92 Å². The molecule has 1 amide bonds. The van der Waals surface area contributed by atoms with E-state index in [0.29, 0.717) is 46.5 Å². The Labute approximate surface area is 247 Å². The number of nitrogens with zero attached hydrogens (tertiary/aromatic N) is 4. The number of aromatic hydroxyl groups is 2. The fourth-order valence-electron chi connectivity index (χ4n) is 5.27. The summed E-state index contributed by atoms with van der Waals surface area (Å²) in [6, 6.07) is 21.4. The highest BCUT2D eigenvalue weighted by Crippen LogP contribution is 2.35. The molecule has 0 radical (unpaired) electrons. The topological polar surface area (TPSA) is 122 Å². The van der Waals surface area contributed by atoms with Crippen LogP contribution < -0.4 is 10.1 Å². The molecule has 4 aromatic carbocycles. The SMILES string of the molecule is COc1ccc2c(c1)C(c1ccc(Cl)cc1)=N[C@@H](CC(=O)NCCc1ccc3ccc(O)c(O)c3c1)c1nnc(C)n1-2. The Morgan fingerprint density at radius 3 is 2.60 bits per heavy atom. The summed E-state index contributed by atoms with van der Waals surface area (Å²) < 4.78 is 7.47. The zero-order valence-corrected chi connectivity index (χ0v) is 23.8. The Morgan fingerprint density at radius 2 is 1.81 bits per heavy atom. The molecule has 6 rings (SSSR count). The average Bonchev–Trinajstić information content (AvgIpc) is 3.32. The number of fused-ring (bicyclic) bond motifs is 4. The largest absolute Gasteiger partial charge is 0.504 e. The highest BCUT2D eigenvalue weighted by molar-refractivity contribution is 6.30. The summed E-state index contributed by atoms with van der Waals surface area (Å²) in [6.45, 7) is 2.25. The minimum atomic E-state index is -0.601. The van der Waals surface area contributed by atoms with Crippen LogP contribution in [-0.4, -0.2) is 50.3 Å². The molecular weight excluding hydrogens is 554 g/mol. The average molecular weight is 582 g/mol. The van der Waals surface area contributed by atoms with Gasteiger partial charge in [0.05, 0.1) is 24.9 Å². The molecule has 212 valence electrons. The van der Waals surface area contributed by atoms with Gasteiger partial charge in [-0.2, -0.15) is 0 Å². The fraction of sp³-hybridized carbons (Fsp3) is 0.188. The second kappa shape index (κ2) is 11.2. The Kier molecular flexibility index (Phi) is 7.26. The van der Waals surface area contributed by atoms with Crippen LogP contribution in [-0.2, 0) is 11.2 Å². The summed E-state index contributed by atoms with van der Waals surface area (Å²) >= 11 is 6.18. The van der Waals surface area contributed by atoms with Crippen LogP contribution in [0.3, 0.4) is 0 Å². The van der Waals surface area contributed by atoms with Crippen molar-refractivity contribution in [3.8, 4) is 22.9 Å². The van der Waals surface area contributed by atoms with Gasteiger partial charge in [0.2, 0.25) is 5.91 Å². The summed E-state index contributed by atoms with van der Waals surface area (Å²) in [6.07, 6.45) is 0.605. The zero-order valence-electron chi connectivity index (χ0n) is 23.0. The number of amides is 1. The summed E-state index contributed by atoms with van der Waals surface area (Å²) in [4.78, 5) is 18.3. The zero-order chi connectivity index (χ0) is 29.4. The standard InChI is InChI=1S/C32H28ClN5O4/c1-18-36-37-32-26(17-29(40)34-14-13-19-3-4-20-7-12-28(39)31(41)24(20)15-19)35-30(21-5-8-22(33)9-6-21)25-16-23(42-2)10-11-27(25)38(18)32/h3-12,15-16,26,39,41H,13-14,17H2,1-2H3,(H,34,40)/t26-/m0/s1. The summed E-state index contributed by atoms with van der Waals surface area (Å²) in [5.74, 6) is 1.42. The van der Waals surface area contributed by atoms with Gasteiger partial charge in [-0.1, -0.05) is 41.9 Å². The number of hydrogen-bond donors (Lipinski definition) is 3. The van der Waals surface area contributed by atoms with E-state index in [1.807, 2.05) is 72.2 Å². The molecule has 0 aliphatic carbocycles. The van der Waals surface area contributed by atoms with Crippen molar-refractivity contribution in [3.63, 3.8) is 0 Å². The predicted octanol–water partition coefficient (Wildman–Crippen LogP) is 5.44. The van der Waals surface area contributed by atoms with Gasteiger partial charge in [-0.05, 0) is 66.8 Å². The van der Waals surface area contributed by atoms with Gasteiger partial charge in [0.1, 0.15) is 17.6 Å². The lowest BCUT2D eigenvalue weighted by Gasteiger charge is -2.14. The molecule has 0 saturated carbocycles. The lowest BCUT2D eigenvalue weighted by molar-refractivity contribution is -0.121. The van der Waals surface area contributed by atoms with E-state index in [4.69, 9.17) is 21.3 Å². The molecule has 3 N–H and O–H groups in total. The second-order valence-electron chi connectivity index (χ2n) is 10.1. The van der Waals surface area contributed by atoms with E-state index in [1.54, 1.807) is 13.2 Å². The Morgan fingerprint density at radius 1 is 1.02 bits per heavy atom. The minimum absolute atomic E-state index is 0.0622. The molecular formula is C32H28ClN5O4. The van der Waals surface area contributed by atoms with Crippen LogP contribution in [0.4, 0.5) is 0 Å². The number of carbonyl (C=O) groups excluding carboxylic acids is 1. The van der Waals surface area contributed by atoms with Gasteiger partial charge in [-0.25, -0.2) is 0 Å². The lowest BCUT2D eigenvalue weighted by atomic mass is 10.00. The van der Waals surface area contributed by atoms with E-state index in [9.17, 15) is 15.0 Å². The van der Waals surface area contributed by atoms with Gasteiger partial charge in [0.15, 0.2) is 17.3 Å². The number of phenols is 2. The van der Waals surface area contributed by atoms with Crippen LogP contribution >= 0.6 is 11.6 Å². The first kappa shape index (κ1) is 27.3. The van der Waals surface area contributed by atoms with Crippen molar-refractivity contribution in [2.45, 2.75) is 25.8 Å². The molecule has 0 saturated heterocycles. The second-order valence-corrected chi connectivity index (χ2v) is 10.6. The number of hydrogen-bond acceptors (Lipinski definition) is 7. The monoisotopic (exact) mass is 581 g/mol. The molecule has 9 nitrogen and oxygen atoms in total. The number of carbonyl (C=O) groups is 1. The number of benzene rings is 4. The minimum Gasteiger partial charge on any atom is -0.504 e. The van der Waals surface area contributed by atoms with E-state index in [-0.39, 0.29) is 23.8 Å². The molecule has 5 aromatic rings. The van der Waals surface area contributed by atoms with E-state index in [1.165, 1.54) is 6.07 Å². The maximum Gasteiger partial charge on any atom is 0.222 e. The predicted molar refractivity (Wildman–Crippen MR) is 161 cm³/mol. The van der Waals surface area contributed by atoms with Gasteiger partial charge >= 0.3 is 0 Å². The number of phenolic OH excluding ortho intramolecular Hbond substituents is 2. The molecule has 1 aromatic heterocycles. The van der Waals surface area contributed by atoms with Crippen LogP contribution in [0.25, 0.3) is 16.5 Å².